The first kappa shape index (κ1) is 12.9. The van der Waals surface area contributed by atoms with E-state index in [1.807, 2.05) is 0 Å². The molecule has 4 fully saturated rings. The van der Waals surface area contributed by atoms with Gasteiger partial charge in [-0.25, -0.2) is 0 Å². The van der Waals surface area contributed by atoms with Crippen LogP contribution in [-0.4, -0.2) is 36.6 Å². The summed E-state index contributed by atoms with van der Waals surface area (Å²) in [7, 11) is 0. The Morgan fingerprint density at radius 2 is 1.44 bits per heavy atom. The second-order valence-corrected chi connectivity index (χ2v) is 7.15. The summed E-state index contributed by atoms with van der Waals surface area (Å²) >= 11 is 0. The predicted molar refractivity (Wildman–Crippen MR) is 76.7 cm³/mol. The van der Waals surface area contributed by atoms with Gasteiger partial charge in [0.25, 0.3) is 0 Å². The Morgan fingerprint density at radius 3 is 1.89 bits per heavy atom. The van der Waals surface area contributed by atoms with E-state index in [0.717, 1.165) is 17.8 Å². The number of rotatable bonds is 6. The van der Waals surface area contributed by atoms with E-state index in [4.69, 9.17) is 0 Å². The van der Waals surface area contributed by atoms with E-state index in [-0.39, 0.29) is 0 Å². The smallest absolute Gasteiger partial charge is 0.0190 e. The van der Waals surface area contributed by atoms with Gasteiger partial charge in [0.15, 0.2) is 0 Å². The lowest BCUT2D eigenvalue weighted by Gasteiger charge is -2.57. The van der Waals surface area contributed by atoms with E-state index in [1.165, 1.54) is 45.4 Å². The van der Waals surface area contributed by atoms with Crippen LogP contribution in [0.5, 0.6) is 0 Å². The van der Waals surface area contributed by atoms with Gasteiger partial charge in [0.05, 0.1) is 0 Å². The van der Waals surface area contributed by atoms with Crippen molar-refractivity contribution in [2.45, 2.75) is 57.9 Å². The van der Waals surface area contributed by atoms with Gasteiger partial charge in [-0.1, -0.05) is 13.8 Å². The minimum atomic E-state index is 0.557. The van der Waals surface area contributed by atoms with Crippen LogP contribution in [0.15, 0.2) is 0 Å². The van der Waals surface area contributed by atoms with Crippen molar-refractivity contribution < 1.29 is 0 Å². The summed E-state index contributed by atoms with van der Waals surface area (Å²) in [4.78, 5) is 2.54. The maximum absolute atomic E-state index is 3.98. The highest BCUT2D eigenvalue weighted by Crippen LogP contribution is 2.55. The van der Waals surface area contributed by atoms with Crippen molar-refractivity contribution in [3.63, 3.8) is 0 Å². The van der Waals surface area contributed by atoms with Gasteiger partial charge in [-0.05, 0) is 69.4 Å². The lowest BCUT2D eigenvalue weighted by Crippen LogP contribution is -2.59. The highest BCUT2D eigenvalue weighted by Gasteiger charge is 2.50. The van der Waals surface area contributed by atoms with Crippen LogP contribution in [0.2, 0.25) is 0 Å². The van der Waals surface area contributed by atoms with Crippen molar-refractivity contribution in [1.82, 2.24) is 10.2 Å². The Morgan fingerprint density at radius 1 is 0.944 bits per heavy atom. The van der Waals surface area contributed by atoms with E-state index < -0.39 is 0 Å². The number of hydrogen-bond donors (Lipinski definition) is 1. The molecule has 0 heterocycles. The molecular weight excluding hydrogens is 220 g/mol. The van der Waals surface area contributed by atoms with Crippen LogP contribution < -0.4 is 5.32 Å². The fraction of sp³-hybridized carbons (Fsp3) is 1.00. The standard InChI is InChI=1S/C16H30N2/c1-3-18(4-2)6-5-17-16-10-13-7-14(11-16)9-15(8-13)12-16/h13-15,17H,3-12H2,1-2H3. The van der Waals surface area contributed by atoms with Gasteiger partial charge in [0.2, 0.25) is 0 Å². The van der Waals surface area contributed by atoms with Crippen molar-refractivity contribution in [2.24, 2.45) is 17.8 Å². The van der Waals surface area contributed by atoms with Crippen molar-refractivity contribution in [2.75, 3.05) is 26.2 Å². The molecule has 0 aromatic carbocycles. The second kappa shape index (κ2) is 5.13. The Kier molecular flexibility index (Phi) is 3.68. The molecule has 18 heavy (non-hydrogen) atoms. The molecular formula is C16H30N2. The molecule has 104 valence electrons. The quantitative estimate of drug-likeness (QED) is 0.780. The molecule has 0 unspecified atom stereocenters. The fourth-order valence-corrected chi connectivity index (χ4v) is 5.35. The highest BCUT2D eigenvalue weighted by molar-refractivity contribution is 5.06. The van der Waals surface area contributed by atoms with Gasteiger partial charge < -0.3 is 10.2 Å². The molecule has 4 aliphatic carbocycles. The van der Waals surface area contributed by atoms with Crippen molar-refractivity contribution in [1.29, 1.82) is 0 Å². The van der Waals surface area contributed by atoms with E-state index >= 15 is 0 Å². The summed E-state index contributed by atoms with van der Waals surface area (Å²) < 4.78 is 0. The highest BCUT2D eigenvalue weighted by atomic mass is 15.1. The SMILES string of the molecule is CCN(CC)CCNC12CC3CC(CC(C3)C1)C2. The molecule has 4 rings (SSSR count). The Balaban J connectivity index is 1.53. The van der Waals surface area contributed by atoms with Crippen LogP contribution in [0.1, 0.15) is 52.4 Å². The molecule has 4 aliphatic rings. The average Bonchev–Trinajstić information content (AvgIpc) is 2.33. The predicted octanol–water partition coefficient (Wildman–Crippen LogP) is 2.89. The van der Waals surface area contributed by atoms with Crippen LogP contribution in [0.25, 0.3) is 0 Å². The molecule has 0 aliphatic heterocycles. The molecule has 2 heteroatoms. The summed E-state index contributed by atoms with van der Waals surface area (Å²) in [6, 6.07) is 0. The van der Waals surface area contributed by atoms with Crippen molar-refractivity contribution >= 4 is 0 Å². The van der Waals surface area contributed by atoms with Crippen LogP contribution in [0, 0.1) is 17.8 Å². The Labute approximate surface area is 113 Å². The van der Waals surface area contributed by atoms with Crippen molar-refractivity contribution in [3.05, 3.63) is 0 Å². The molecule has 0 aromatic heterocycles. The van der Waals surface area contributed by atoms with Crippen molar-refractivity contribution in [3.8, 4) is 0 Å². The summed E-state index contributed by atoms with van der Waals surface area (Å²) in [5.41, 5.74) is 0.557. The first-order chi connectivity index (χ1) is 8.73. The summed E-state index contributed by atoms with van der Waals surface area (Å²) in [6.07, 6.45) is 9.11. The number of nitrogens with one attached hydrogen (secondary N) is 1. The van der Waals surface area contributed by atoms with Crippen LogP contribution in [-0.2, 0) is 0 Å². The first-order valence-corrected chi connectivity index (χ1v) is 8.20. The number of likely N-dealkylation sites (N-methyl/N-ethyl adjacent to an activating group) is 1. The molecule has 0 radical (unpaired) electrons. The molecule has 0 saturated heterocycles. The van der Waals surface area contributed by atoms with Crippen LogP contribution in [0.3, 0.4) is 0 Å². The molecule has 4 bridgehead atoms. The van der Waals surface area contributed by atoms with Gasteiger partial charge in [-0.3, -0.25) is 0 Å². The molecule has 1 N–H and O–H groups in total. The minimum absolute atomic E-state index is 0.557. The molecule has 4 saturated carbocycles. The van der Waals surface area contributed by atoms with E-state index in [2.05, 4.69) is 24.1 Å². The van der Waals surface area contributed by atoms with Gasteiger partial charge in [-0.2, -0.15) is 0 Å². The lowest BCUT2D eigenvalue weighted by atomic mass is 9.53. The maximum atomic E-state index is 3.98. The second-order valence-electron chi connectivity index (χ2n) is 7.15. The topological polar surface area (TPSA) is 15.3 Å². The maximum Gasteiger partial charge on any atom is 0.0190 e. The van der Waals surface area contributed by atoms with Crippen LogP contribution in [0.4, 0.5) is 0 Å². The molecule has 0 atom stereocenters. The van der Waals surface area contributed by atoms with Gasteiger partial charge in [0, 0.05) is 18.6 Å². The summed E-state index contributed by atoms with van der Waals surface area (Å²) in [5, 5.41) is 3.98. The summed E-state index contributed by atoms with van der Waals surface area (Å²) in [5.74, 6) is 3.20. The largest absolute Gasteiger partial charge is 0.310 e. The average molecular weight is 250 g/mol. The molecule has 0 spiro atoms. The zero-order valence-corrected chi connectivity index (χ0v) is 12.3. The van der Waals surface area contributed by atoms with Crippen LogP contribution >= 0.6 is 0 Å². The fourth-order valence-electron chi connectivity index (χ4n) is 5.35. The summed E-state index contributed by atoms with van der Waals surface area (Å²) in [6.45, 7) is 9.36. The third-order valence-electron chi connectivity index (χ3n) is 5.86. The first-order valence-electron chi connectivity index (χ1n) is 8.20. The lowest BCUT2D eigenvalue weighted by molar-refractivity contribution is -0.0202. The third kappa shape index (κ3) is 2.46. The Hall–Kier alpha value is -0.0800. The van der Waals surface area contributed by atoms with E-state index in [0.29, 0.717) is 5.54 Å². The zero-order chi connectivity index (χ0) is 12.6. The van der Waals surface area contributed by atoms with Gasteiger partial charge in [0.1, 0.15) is 0 Å². The zero-order valence-electron chi connectivity index (χ0n) is 12.3. The number of hydrogen-bond acceptors (Lipinski definition) is 2. The number of nitrogens with zero attached hydrogens (tertiary/aromatic N) is 1. The molecule has 0 amide bonds. The van der Waals surface area contributed by atoms with Gasteiger partial charge in [-0.15, -0.1) is 0 Å². The van der Waals surface area contributed by atoms with Gasteiger partial charge >= 0.3 is 0 Å². The monoisotopic (exact) mass is 250 g/mol. The van der Waals surface area contributed by atoms with E-state index in [1.54, 1.807) is 19.3 Å². The normalized spacial score (nSPS) is 41.8. The van der Waals surface area contributed by atoms with E-state index in [9.17, 15) is 0 Å². The minimum Gasteiger partial charge on any atom is -0.310 e. The Bertz CT molecular complexity index is 248. The molecule has 0 aromatic rings. The molecule has 2 nitrogen and oxygen atoms in total. The third-order valence-corrected chi connectivity index (χ3v) is 5.86.